The summed E-state index contributed by atoms with van der Waals surface area (Å²) in [4.78, 5) is 0. The molecule has 1 aromatic rings. The highest BCUT2D eigenvalue weighted by Crippen LogP contribution is 2.01. The molecule has 0 heterocycles. The van der Waals surface area contributed by atoms with E-state index in [-0.39, 0.29) is 0 Å². The van der Waals surface area contributed by atoms with E-state index in [1.807, 2.05) is 12.1 Å². The second kappa shape index (κ2) is 4.05. The highest BCUT2D eigenvalue weighted by molar-refractivity contribution is 5.40. The smallest absolute Gasteiger partial charge is 0.115 e. The van der Waals surface area contributed by atoms with Gasteiger partial charge in [0.1, 0.15) is 6.11 Å². The van der Waals surface area contributed by atoms with E-state index in [0.717, 1.165) is 5.56 Å². The quantitative estimate of drug-likeness (QED) is 0.535. The van der Waals surface area contributed by atoms with E-state index < -0.39 is 0 Å². The number of benzene rings is 1. The Morgan fingerprint density at radius 2 is 2.08 bits per heavy atom. The van der Waals surface area contributed by atoms with Crippen molar-refractivity contribution < 1.29 is 4.74 Å². The lowest BCUT2D eigenvalue weighted by atomic mass is 10.1. The number of hydrogen-bond donors (Lipinski definition) is 0. The van der Waals surface area contributed by atoms with Crippen LogP contribution in [0.3, 0.4) is 0 Å². The third-order valence-corrected chi connectivity index (χ3v) is 1.29. The number of methoxy groups -OCH3 is 1. The third kappa shape index (κ3) is 2.04. The Labute approximate surface area is 71.4 Å². The van der Waals surface area contributed by atoms with E-state index in [4.69, 9.17) is 5.26 Å². The molecule has 0 saturated carbocycles. The van der Waals surface area contributed by atoms with Crippen LogP contribution < -0.4 is 0 Å². The number of nitrogens with zero attached hydrogens (tertiary/aromatic N) is 1. The molecule has 0 fully saturated rings. The lowest BCUT2D eigenvalue weighted by Crippen LogP contribution is -1.77. The fraction of sp³-hybridized carbons (Fsp3) is 0.100. The third-order valence-electron chi connectivity index (χ3n) is 1.29. The lowest BCUT2D eigenvalue weighted by Gasteiger charge is -1.89. The van der Waals surface area contributed by atoms with Gasteiger partial charge in [0.05, 0.1) is 18.7 Å². The van der Waals surface area contributed by atoms with Crippen LogP contribution in [0.5, 0.6) is 0 Å². The molecule has 0 unspecified atom stereocenters. The molecule has 12 heavy (non-hydrogen) atoms. The van der Waals surface area contributed by atoms with Gasteiger partial charge in [-0.1, -0.05) is 6.07 Å². The first-order valence-electron chi connectivity index (χ1n) is 3.41. The molecule has 0 N–H and O–H groups in total. The van der Waals surface area contributed by atoms with Gasteiger partial charge in [0.2, 0.25) is 0 Å². The maximum atomic E-state index is 8.56. The topological polar surface area (TPSA) is 33.0 Å². The van der Waals surface area contributed by atoms with Gasteiger partial charge in [-0.05, 0) is 24.1 Å². The van der Waals surface area contributed by atoms with Crippen LogP contribution in [0.2, 0.25) is 0 Å². The molecule has 2 heteroatoms. The molecule has 1 rings (SSSR count). The van der Waals surface area contributed by atoms with Gasteiger partial charge in [-0.3, -0.25) is 0 Å². The minimum atomic E-state index is 0.609. The maximum absolute atomic E-state index is 8.56. The summed E-state index contributed by atoms with van der Waals surface area (Å²) in [6, 6.07) is 9.10. The minimum Gasteiger partial charge on any atom is -0.450 e. The second-order valence-corrected chi connectivity index (χ2v) is 2.12. The Bertz CT molecular complexity index is 365. The summed E-state index contributed by atoms with van der Waals surface area (Å²) in [6.45, 7) is 0. The van der Waals surface area contributed by atoms with Crippen molar-refractivity contribution in [3.05, 3.63) is 35.4 Å². The fourth-order valence-electron chi connectivity index (χ4n) is 0.776. The van der Waals surface area contributed by atoms with Crippen LogP contribution in [0.4, 0.5) is 0 Å². The molecule has 0 aromatic heterocycles. The molecule has 0 aliphatic heterocycles. The van der Waals surface area contributed by atoms with Gasteiger partial charge in [0.15, 0.2) is 0 Å². The summed E-state index contributed by atoms with van der Waals surface area (Å²) in [6.07, 6.45) is 2.46. The van der Waals surface area contributed by atoms with Crippen molar-refractivity contribution in [2.24, 2.45) is 0 Å². The molecule has 0 amide bonds. The van der Waals surface area contributed by atoms with E-state index in [0.29, 0.717) is 5.56 Å². The Kier molecular flexibility index (Phi) is 2.76. The Balaban J connectivity index is 2.96. The monoisotopic (exact) mass is 157 g/mol. The highest BCUT2D eigenvalue weighted by atomic mass is 16.5. The Morgan fingerprint density at radius 1 is 1.33 bits per heavy atom. The first kappa shape index (κ1) is 8.17. The van der Waals surface area contributed by atoms with Crippen LogP contribution in [-0.2, 0) is 4.74 Å². The highest BCUT2D eigenvalue weighted by Gasteiger charge is 1.89. The summed E-state index contributed by atoms with van der Waals surface area (Å²) in [5, 5.41) is 8.56. The van der Waals surface area contributed by atoms with E-state index >= 15 is 0 Å². The molecule has 0 bridgehead atoms. The van der Waals surface area contributed by atoms with Crippen molar-refractivity contribution in [3.8, 4) is 18.1 Å². The molecule has 0 aliphatic carbocycles. The van der Waals surface area contributed by atoms with Crippen LogP contribution in [0, 0.1) is 23.4 Å². The molecule has 0 radical (unpaired) electrons. The Morgan fingerprint density at radius 3 is 2.75 bits per heavy atom. The molecule has 0 atom stereocenters. The van der Waals surface area contributed by atoms with Crippen molar-refractivity contribution in [3.63, 3.8) is 0 Å². The van der Waals surface area contributed by atoms with Crippen molar-refractivity contribution >= 4 is 0 Å². The number of ether oxygens (including phenoxy) is 1. The fourth-order valence-corrected chi connectivity index (χ4v) is 0.776. The van der Waals surface area contributed by atoms with Crippen molar-refractivity contribution in [2.45, 2.75) is 0 Å². The molecule has 1 aromatic carbocycles. The summed E-state index contributed by atoms with van der Waals surface area (Å²) < 4.78 is 4.58. The minimum absolute atomic E-state index is 0.609. The largest absolute Gasteiger partial charge is 0.450 e. The molecule has 0 spiro atoms. The van der Waals surface area contributed by atoms with Crippen LogP contribution in [-0.4, -0.2) is 7.11 Å². The van der Waals surface area contributed by atoms with Crippen LogP contribution in [0.1, 0.15) is 11.1 Å². The predicted octanol–water partition coefficient (Wildman–Crippen LogP) is 1.51. The Hall–Kier alpha value is -1.93. The van der Waals surface area contributed by atoms with Crippen LogP contribution >= 0.6 is 0 Å². The van der Waals surface area contributed by atoms with Crippen LogP contribution in [0.15, 0.2) is 24.3 Å². The summed E-state index contributed by atoms with van der Waals surface area (Å²) >= 11 is 0. The van der Waals surface area contributed by atoms with Crippen molar-refractivity contribution in [1.82, 2.24) is 0 Å². The van der Waals surface area contributed by atoms with E-state index in [2.05, 4.69) is 16.8 Å². The summed E-state index contributed by atoms with van der Waals surface area (Å²) in [7, 11) is 1.50. The van der Waals surface area contributed by atoms with Crippen LogP contribution in [0.25, 0.3) is 0 Å². The molecular weight excluding hydrogens is 150 g/mol. The molecule has 2 nitrogen and oxygen atoms in total. The summed E-state index contributed by atoms with van der Waals surface area (Å²) in [5.41, 5.74) is 1.40. The van der Waals surface area contributed by atoms with Gasteiger partial charge in [-0.2, -0.15) is 5.26 Å². The van der Waals surface area contributed by atoms with Gasteiger partial charge in [-0.25, -0.2) is 0 Å². The van der Waals surface area contributed by atoms with Crippen molar-refractivity contribution in [1.29, 1.82) is 5.26 Å². The predicted molar refractivity (Wildman–Crippen MR) is 45.0 cm³/mol. The zero-order valence-corrected chi connectivity index (χ0v) is 6.66. The number of hydrogen-bond acceptors (Lipinski definition) is 2. The standard InChI is InChI=1S/C10H7NO/c1-12-6-5-9-3-2-4-10(7-9)8-11/h2-4,7H,1H3. The SMILES string of the molecule is COC#Cc1cccc(C#N)c1. The van der Waals surface area contributed by atoms with Gasteiger partial charge in [0.25, 0.3) is 0 Å². The molecule has 0 saturated heterocycles. The maximum Gasteiger partial charge on any atom is 0.115 e. The normalized spacial score (nSPS) is 7.67. The average molecular weight is 157 g/mol. The zero-order valence-electron chi connectivity index (χ0n) is 6.66. The van der Waals surface area contributed by atoms with Gasteiger partial charge in [0, 0.05) is 5.56 Å². The second-order valence-electron chi connectivity index (χ2n) is 2.12. The van der Waals surface area contributed by atoms with E-state index in [1.54, 1.807) is 18.2 Å². The lowest BCUT2D eigenvalue weighted by molar-refractivity contribution is 0.372. The van der Waals surface area contributed by atoms with E-state index in [9.17, 15) is 0 Å². The number of nitriles is 1. The average Bonchev–Trinajstić information content (AvgIpc) is 2.15. The number of rotatable bonds is 0. The van der Waals surface area contributed by atoms with Gasteiger partial charge < -0.3 is 4.74 Å². The van der Waals surface area contributed by atoms with Gasteiger partial charge >= 0.3 is 0 Å². The molecule has 0 aliphatic rings. The van der Waals surface area contributed by atoms with E-state index in [1.165, 1.54) is 7.11 Å². The van der Waals surface area contributed by atoms with Gasteiger partial charge in [-0.15, -0.1) is 0 Å². The molecule has 58 valence electrons. The van der Waals surface area contributed by atoms with Crippen molar-refractivity contribution in [2.75, 3.05) is 7.11 Å². The molecular formula is C10H7NO. The summed E-state index contributed by atoms with van der Waals surface area (Å²) in [5.74, 6) is 2.75. The first-order valence-corrected chi connectivity index (χ1v) is 3.41. The first-order chi connectivity index (χ1) is 5.86. The zero-order chi connectivity index (χ0) is 8.81.